The average molecular weight is 166 g/mol. The molecule has 0 fully saturated rings. The van der Waals surface area contributed by atoms with Crippen LogP contribution in [0.15, 0.2) is 18.5 Å². The predicted octanol–water partition coefficient (Wildman–Crippen LogP) is 2.18. The molecule has 0 amide bonds. The van der Waals surface area contributed by atoms with Crippen LogP contribution in [0.2, 0.25) is 0 Å². The van der Waals surface area contributed by atoms with Crippen LogP contribution in [0.25, 0.3) is 0 Å². The molecule has 0 aromatic carbocycles. The van der Waals surface area contributed by atoms with E-state index in [2.05, 4.69) is 42.2 Å². The Morgan fingerprint density at radius 2 is 2.33 bits per heavy atom. The summed E-state index contributed by atoms with van der Waals surface area (Å²) < 4.78 is 2.27. The number of nitrogens with zero attached hydrogens (tertiary/aromatic N) is 1. The van der Waals surface area contributed by atoms with Gasteiger partial charge in [0.1, 0.15) is 0 Å². The summed E-state index contributed by atoms with van der Waals surface area (Å²) in [6, 6.07) is 2.79. The highest BCUT2D eigenvalue weighted by Crippen LogP contribution is 2.11. The fourth-order valence-corrected chi connectivity index (χ4v) is 1.25. The van der Waals surface area contributed by atoms with Crippen molar-refractivity contribution in [3.8, 4) is 0 Å². The van der Waals surface area contributed by atoms with E-state index in [1.807, 2.05) is 7.05 Å². The van der Waals surface area contributed by atoms with Gasteiger partial charge in [0.2, 0.25) is 0 Å². The smallest absolute Gasteiger partial charge is 0.0299 e. The Balaban J connectivity index is 2.63. The average Bonchev–Trinajstić information content (AvgIpc) is 2.52. The van der Waals surface area contributed by atoms with E-state index in [1.165, 1.54) is 12.0 Å². The third-order valence-electron chi connectivity index (χ3n) is 2.26. The van der Waals surface area contributed by atoms with Gasteiger partial charge < -0.3 is 9.88 Å². The first-order valence-corrected chi connectivity index (χ1v) is 4.59. The summed E-state index contributed by atoms with van der Waals surface area (Å²) in [7, 11) is 1.97. The van der Waals surface area contributed by atoms with Gasteiger partial charge in [0.05, 0.1) is 0 Å². The lowest BCUT2D eigenvalue weighted by atomic mass is 10.2. The standard InChI is InChI=1S/C10H18N2/c1-4-9(2)12-6-5-10(8-12)7-11-3/h5-6,8-9,11H,4,7H2,1-3H3/t9-/m0/s1. The zero-order valence-electron chi connectivity index (χ0n) is 8.17. The number of hydrogen-bond acceptors (Lipinski definition) is 1. The molecule has 0 radical (unpaired) electrons. The summed E-state index contributed by atoms with van der Waals surface area (Å²) in [4.78, 5) is 0. The molecule has 0 unspecified atom stereocenters. The number of aromatic nitrogens is 1. The molecule has 12 heavy (non-hydrogen) atoms. The van der Waals surface area contributed by atoms with Crippen LogP contribution in [0.4, 0.5) is 0 Å². The molecule has 1 atom stereocenters. The molecular weight excluding hydrogens is 148 g/mol. The summed E-state index contributed by atoms with van der Waals surface area (Å²) in [5.74, 6) is 0. The molecule has 0 saturated heterocycles. The van der Waals surface area contributed by atoms with Crippen LogP contribution >= 0.6 is 0 Å². The maximum atomic E-state index is 3.14. The quantitative estimate of drug-likeness (QED) is 0.725. The van der Waals surface area contributed by atoms with Gasteiger partial charge in [-0.15, -0.1) is 0 Å². The van der Waals surface area contributed by atoms with E-state index in [0.717, 1.165) is 6.54 Å². The minimum atomic E-state index is 0.621. The van der Waals surface area contributed by atoms with Crippen LogP contribution < -0.4 is 5.32 Å². The van der Waals surface area contributed by atoms with E-state index in [0.29, 0.717) is 6.04 Å². The molecule has 2 nitrogen and oxygen atoms in total. The fraction of sp³-hybridized carbons (Fsp3) is 0.600. The van der Waals surface area contributed by atoms with E-state index in [1.54, 1.807) is 0 Å². The highest BCUT2D eigenvalue weighted by molar-refractivity contribution is 5.10. The van der Waals surface area contributed by atoms with Crippen molar-refractivity contribution >= 4 is 0 Å². The van der Waals surface area contributed by atoms with E-state index < -0.39 is 0 Å². The van der Waals surface area contributed by atoms with Crippen molar-refractivity contribution in [1.29, 1.82) is 0 Å². The SMILES string of the molecule is CC[C@H](C)n1ccc(CNC)c1. The predicted molar refractivity (Wildman–Crippen MR) is 52.2 cm³/mol. The van der Waals surface area contributed by atoms with E-state index in [9.17, 15) is 0 Å². The topological polar surface area (TPSA) is 17.0 Å². The molecule has 1 rings (SSSR count). The van der Waals surface area contributed by atoms with Gasteiger partial charge in [-0.2, -0.15) is 0 Å². The summed E-state index contributed by atoms with van der Waals surface area (Å²) >= 11 is 0. The van der Waals surface area contributed by atoms with Crippen molar-refractivity contribution < 1.29 is 0 Å². The van der Waals surface area contributed by atoms with E-state index in [-0.39, 0.29) is 0 Å². The molecule has 2 heteroatoms. The van der Waals surface area contributed by atoms with Crippen LogP contribution in [0, 0.1) is 0 Å². The van der Waals surface area contributed by atoms with Crippen LogP contribution in [-0.4, -0.2) is 11.6 Å². The molecule has 0 aliphatic rings. The van der Waals surface area contributed by atoms with Gasteiger partial charge in [-0.25, -0.2) is 0 Å². The minimum Gasteiger partial charge on any atom is -0.351 e. The monoisotopic (exact) mass is 166 g/mol. The Hall–Kier alpha value is -0.760. The fourth-order valence-electron chi connectivity index (χ4n) is 1.25. The molecule has 68 valence electrons. The van der Waals surface area contributed by atoms with Gasteiger partial charge in [0, 0.05) is 25.0 Å². The third kappa shape index (κ3) is 2.11. The second-order valence-electron chi connectivity index (χ2n) is 3.25. The Morgan fingerprint density at radius 1 is 1.58 bits per heavy atom. The second kappa shape index (κ2) is 4.31. The minimum absolute atomic E-state index is 0.621. The molecule has 1 aromatic rings. The lowest BCUT2D eigenvalue weighted by molar-refractivity contribution is 0.532. The molecule has 1 aromatic heterocycles. The number of hydrogen-bond donors (Lipinski definition) is 1. The maximum Gasteiger partial charge on any atom is 0.0299 e. The molecule has 0 saturated carbocycles. The van der Waals surface area contributed by atoms with Crippen LogP contribution in [0.1, 0.15) is 31.9 Å². The van der Waals surface area contributed by atoms with Crippen LogP contribution in [0.3, 0.4) is 0 Å². The van der Waals surface area contributed by atoms with Gasteiger partial charge in [-0.05, 0) is 32.0 Å². The van der Waals surface area contributed by atoms with Gasteiger partial charge in [-0.3, -0.25) is 0 Å². The summed E-state index contributed by atoms with van der Waals surface area (Å²) in [6.45, 7) is 5.41. The molecule has 1 N–H and O–H groups in total. The second-order valence-corrected chi connectivity index (χ2v) is 3.25. The Labute approximate surface area is 74.6 Å². The summed E-state index contributed by atoms with van der Waals surface area (Å²) in [5.41, 5.74) is 1.36. The van der Waals surface area contributed by atoms with Gasteiger partial charge in [-0.1, -0.05) is 6.92 Å². The molecule has 1 heterocycles. The van der Waals surface area contributed by atoms with Crippen molar-refractivity contribution in [3.05, 3.63) is 24.0 Å². The van der Waals surface area contributed by atoms with Crippen molar-refractivity contribution in [3.63, 3.8) is 0 Å². The Kier molecular flexibility index (Phi) is 3.35. The first kappa shape index (κ1) is 9.33. The van der Waals surface area contributed by atoms with Crippen molar-refractivity contribution in [2.45, 2.75) is 32.9 Å². The highest BCUT2D eigenvalue weighted by Gasteiger charge is 2.01. The van der Waals surface area contributed by atoms with Crippen molar-refractivity contribution in [1.82, 2.24) is 9.88 Å². The number of rotatable bonds is 4. The van der Waals surface area contributed by atoms with Gasteiger partial charge in [0.15, 0.2) is 0 Å². The zero-order chi connectivity index (χ0) is 8.97. The first-order chi connectivity index (χ1) is 5.77. The van der Waals surface area contributed by atoms with E-state index in [4.69, 9.17) is 0 Å². The molecule has 0 bridgehead atoms. The lowest BCUT2D eigenvalue weighted by Gasteiger charge is -2.09. The van der Waals surface area contributed by atoms with Crippen LogP contribution in [-0.2, 0) is 6.54 Å². The Morgan fingerprint density at radius 3 is 2.92 bits per heavy atom. The molecule has 0 aliphatic carbocycles. The van der Waals surface area contributed by atoms with Gasteiger partial charge >= 0.3 is 0 Å². The maximum absolute atomic E-state index is 3.14. The lowest BCUT2D eigenvalue weighted by Crippen LogP contribution is -2.04. The summed E-state index contributed by atoms with van der Waals surface area (Å²) in [6.07, 6.45) is 5.55. The highest BCUT2D eigenvalue weighted by atomic mass is 15.0. The summed E-state index contributed by atoms with van der Waals surface area (Å²) in [5, 5.41) is 3.14. The largest absolute Gasteiger partial charge is 0.351 e. The normalized spacial score (nSPS) is 13.2. The molecule has 0 aliphatic heterocycles. The zero-order valence-corrected chi connectivity index (χ0v) is 8.17. The first-order valence-electron chi connectivity index (χ1n) is 4.59. The molecular formula is C10H18N2. The van der Waals surface area contributed by atoms with Crippen molar-refractivity contribution in [2.75, 3.05) is 7.05 Å². The Bertz CT molecular complexity index is 227. The third-order valence-corrected chi connectivity index (χ3v) is 2.26. The molecule has 0 spiro atoms. The van der Waals surface area contributed by atoms with Crippen molar-refractivity contribution in [2.24, 2.45) is 0 Å². The number of nitrogens with one attached hydrogen (secondary N) is 1. The van der Waals surface area contributed by atoms with E-state index >= 15 is 0 Å². The van der Waals surface area contributed by atoms with Crippen LogP contribution in [0.5, 0.6) is 0 Å². The van der Waals surface area contributed by atoms with Gasteiger partial charge in [0.25, 0.3) is 0 Å².